The van der Waals surface area contributed by atoms with Crippen LogP contribution >= 0.6 is 22.6 Å². The van der Waals surface area contributed by atoms with Crippen molar-refractivity contribution < 1.29 is 14.8 Å². The van der Waals surface area contributed by atoms with Crippen molar-refractivity contribution in [2.75, 3.05) is 0 Å². The fourth-order valence-electron chi connectivity index (χ4n) is 1.61. The molecule has 120 valence electrons. The Morgan fingerprint density at radius 2 is 2.30 bits per heavy atom. The molecule has 0 aliphatic heterocycles. The van der Waals surface area contributed by atoms with Crippen LogP contribution in [0.3, 0.4) is 0 Å². The highest BCUT2D eigenvalue weighted by Gasteiger charge is 2.14. The zero-order valence-corrected chi connectivity index (χ0v) is 14.0. The van der Waals surface area contributed by atoms with Crippen molar-refractivity contribution in [2.45, 2.75) is 13.5 Å². The molecule has 0 saturated heterocycles. The van der Waals surface area contributed by atoms with E-state index < -0.39 is 16.8 Å². The number of hydrogen-bond donors (Lipinski definition) is 2. The van der Waals surface area contributed by atoms with Gasteiger partial charge in [-0.05, 0) is 52.6 Å². The first-order valence-corrected chi connectivity index (χ1v) is 7.30. The van der Waals surface area contributed by atoms with E-state index in [4.69, 9.17) is 0 Å². The number of aromatic nitrogens is 3. The highest BCUT2D eigenvalue weighted by atomic mass is 127. The van der Waals surface area contributed by atoms with E-state index in [1.807, 2.05) is 22.6 Å². The SMILES string of the molecule is CC(Cn1cnc([N+](=O)[O-])n1)=NNC(=O)c1cc(I)ccc1O. The second-order valence-corrected chi connectivity index (χ2v) is 5.69. The summed E-state index contributed by atoms with van der Waals surface area (Å²) in [7, 11) is 0. The molecule has 0 spiro atoms. The van der Waals surface area contributed by atoms with Crippen LogP contribution in [0.4, 0.5) is 5.95 Å². The van der Waals surface area contributed by atoms with Crippen LogP contribution in [0.2, 0.25) is 0 Å². The maximum atomic E-state index is 12.0. The predicted octanol–water partition coefficient (Wildman–Crippen LogP) is 1.30. The third-order valence-corrected chi connectivity index (χ3v) is 3.30. The number of aromatic hydroxyl groups is 1. The Kier molecular flexibility index (Phi) is 5.20. The number of hydrazone groups is 1. The van der Waals surface area contributed by atoms with Gasteiger partial charge in [-0.2, -0.15) is 9.78 Å². The molecule has 0 atom stereocenters. The van der Waals surface area contributed by atoms with E-state index in [2.05, 4.69) is 20.6 Å². The standard InChI is InChI=1S/C12H11IN6O4/c1-7(5-18-6-14-12(17-18)19(22)23)15-16-11(21)9-4-8(13)2-3-10(9)20/h2-4,6,20H,5H2,1H3,(H,16,21). The second kappa shape index (κ2) is 7.13. The second-order valence-electron chi connectivity index (χ2n) is 4.45. The molecule has 2 aromatic rings. The Morgan fingerprint density at radius 3 is 2.96 bits per heavy atom. The predicted molar refractivity (Wildman–Crippen MR) is 88.1 cm³/mol. The van der Waals surface area contributed by atoms with Crippen LogP contribution in [0.5, 0.6) is 5.75 Å². The zero-order valence-electron chi connectivity index (χ0n) is 11.8. The Labute approximate surface area is 143 Å². The van der Waals surface area contributed by atoms with Gasteiger partial charge in [-0.15, -0.1) is 0 Å². The lowest BCUT2D eigenvalue weighted by atomic mass is 10.2. The van der Waals surface area contributed by atoms with Gasteiger partial charge in [-0.25, -0.2) is 5.43 Å². The summed E-state index contributed by atoms with van der Waals surface area (Å²) < 4.78 is 2.02. The first-order chi connectivity index (χ1) is 10.9. The van der Waals surface area contributed by atoms with Gasteiger partial charge >= 0.3 is 5.95 Å². The molecule has 10 nitrogen and oxygen atoms in total. The summed E-state index contributed by atoms with van der Waals surface area (Å²) in [4.78, 5) is 25.3. The minimum absolute atomic E-state index is 0.102. The molecule has 0 aliphatic carbocycles. The number of carbonyl (C=O) groups excluding carboxylic acids is 1. The molecule has 23 heavy (non-hydrogen) atoms. The number of hydrogen-bond acceptors (Lipinski definition) is 7. The van der Waals surface area contributed by atoms with Gasteiger partial charge in [-0.1, -0.05) is 4.98 Å². The van der Waals surface area contributed by atoms with Crippen molar-refractivity contribution in [3.05, 3.63) is 43.8 Å². The number of phenolic OH excluding ortho intramolecular Hbond substituents is 1. The van der Waals surface area contributed by atoms with Crippen LogP contribution in [-0.2, 0) is 6.54 Å². The van der Waals surface area contributed by atoms with Gasteiger partial charge in [0, 0.05) is 8.67 Å². The average Bonchev–Trinajstić information content (AvgIpc) is 2.96. The molecule has 0 bridgehead atoms. The van der Waals surface area contributed by atoms with E-state index in [-0.39, 0.29) is 17.9 Å². The fourth-order valence-corrected chi connectivity index (χ4v) is 2.10. The molecule has 2 rings (SSSR count). The third kappa shape index (κ3) is 4.45. The average molecular weight is 430 g/mol. The van der Waals surface area contributed by atoms with Gasteiger partial charge in [0.15, 0.2) is 0 Å². The number of benzene rings is 1. The molecule has 1 amide bonds. The highest BCUT2D eigenvalue weighted by Crippen LogP contribution is 2.19. The van der Waals surface area contributed by atoms with Crippen molar-refractivity contribution in [1.29, 1.82) is 0 Å². The monoisotopic (exact) mass is 430 g/mol. The summed E-state index contributed by atoms with van der Waals surface area (Å²) in [6, 6.07) is 4.61. The molecule has 0 radical (unpaired) electrons. The van der Waals surface area contributed by atoms with Crippen molar-refractivity contribution in [3.8, 4) is 5.75 Å². The molecule has 0 saturated carbocycles. The number of nitro groups is 1. The minimum atomic E-state index is -0.704. The Bertz CT molecular complexity index is 788. The molecule has 1 aromatic carbocycles. The van der Waals surface area contributed by atoms with Gasteiger partial charge < -0.3 is 15.2 Å². The molecular weight excluding hydrogens is 419 g/mol. The quantitative estimate of drug-likeness (QED) is 0.318. The molecule has 1 aromatic heterocycles. The lowest BCUT2D eigenvalue weighted by Gasteiger charge is -2.04. The van der Waals surface area contributed by atoms with Gasteiger partial charge in [0.25, 0.3) is 5.91 Å². The molecule has 11 heteroatoms. The van der Waals surface area contributed by atoms with Gasteiger partial charge in [0.1, 0.15) is 5.75 Å². The Hall–Kier alpha value is -2.57. The lowest BCUT2D eigenvalue weighted by molar-refractivity contribution is -0.394. The fraction of sp³-hybridized carbons (Fsp3) is 0.167. The third-order valence-electron chi connectivity index (χ3n) is 2.63. The van der Waals surface area contributed by atoms with Gasteiger partial charge in [0.2, 0.25) is 6.33 Å². The van der Waals surface area contributed by atoms with E-state index in [0.717, 1.165) is 3.57 Å². The van der Waals surface area contributed by atoms with Crippen LogP contribution in [0.25, 0.3) is 0 Å². The smallest absolute Gasteiger partial charge is 0.490 e. The first kappa shape index (κ1) is 16.8. The lowest BCUT2D eigenvalue weighted by Crippen LogP contribution is -2.21. The van der Waals surface area contributed by atoms with Gasteiger partial charge in [0.05, 0.1) is 17.8 Å². The first-order valence-electron chi connectivity index (χ1n) is 6.22. The van der Waals surface area contributed by atoms with Crippen LogP contribution in [-0.4, -0.2) is 36.4 Å². The van der Waals surface area contributed by atoms with E-state index >= 15 is 0 Å². The molecule has 0 unspecified atom stereocenters. The maximum absolute atomic E-state index is 12.0. The van der Waals surface area contributed by atoms with Crippen molar-refractivity contribution in [2.24, 2.45) is 5.10 Å². The number of nitrogens with zero attached hydrogens (tertiary/aromatic N) is 5. The summed E-state index contributed by atoms with van der Waals surface area (Å²) in [5, 5.41) is 27.6. The Balaban J connectivity index is 2.02. The van der Waals surface area contributed by atoms with Crippen molar-refractivity contribution >= 4 is 40.2 Å². The summed E-state index contributed by atoms with van der Waals surface area (Å²) in [5.41, 5.74) is 2.86. The maximum Gasteiger partial charge on any atom is 0.490 e. The van der Waals surface area contributed by atoms with Crippen molar-refractivity contribution in [1.82, 2.24) is 20.2 Å². The molecule has 2 N–H and O–H groups in total. The number of carbonyl (C=O) groups is 1. The van der Waals surface area contributed by atoms with Crippen LogP contribution in [0.1, 0.15) is 17.3 Å². The molecular formula is C12H11IN6O4. The number of rotatable bonds is 5. The van der Waals surface area contributed by atoms with Crippen LogP contribution in [0.15, 0.2) is 29.6 Å². The highest BCUT2D eigenvalue weighted by molar-refractivity contribution is 14.1. The van der Waals surface area contributed by atoms with Crippen molar-refractivity contribution in [3.63, 3.8) is 0 Å². The Morgan fingerprint density at radius 1 is 1.57 bits per heavy atom. The minimum Gasteiger partial charge on any atom is -0.507 e. The van der Waals surface area contributed by atoms with E-state index in [9.17, 15) is 20.0 Å². The van der Waals surface area contributed by atoms with E-state index in [1.54, 1.807) is 13.0 Å². The largest absolute Gasteiger partial charge is 0.507 e. The number of halogens is 1. The summed E-state index contributed by atoms with van der Waals surface area (Å²) in [5.74, 6) is -1.22. The van der Waals surface area contributed by atoms with Crippen LogP contribution < -0.4 is 5.43 Å². The van der Waals surface area contributed by atoms with E-state index in [0.29, 0.717) is 5.71 Å². The molecule has 0 fully saturated rings. The number of phenols is 1. The number of nitrogens with one attached hydrogen (secondary N) is 1. The summed E-state index contributed by atoms with van der Waals surface area (Å²) in [6.45, 7) is 1.74. The van der Waals surface area contributed by atoms with E-state index in [1.165, 1.54) is 23.1 Å². The summed E-state index contributed by atoms with van der Waals surface area (Å²) in [6.07, 6.45) is 1.20. The summed E-state index contributed by atoms with van der Waals surface area (Å²) >= 11 is 2.02. The molecule has 1 heterocycles. The van der Waals surface area contributed by atoms with Crippen LogP contribution in [0, 0.1) is 13.7 Å². The topological polar surface area (TPSA) is 136 Å². The molecule has 0 aliphatic rings. The normalized spacial score (nSPS) is 11.3. The zero-order chi connectivity index (χ0) is 17.0. The number of amides is 1. The van der Waals surface area contributed by atoms with Gasteiger partial charge in [-0.3, -0.25) is 4.79 Å².